The Balaban J connectivity index is 1.91. The Morgan fingerprint density at radius 2 is 2.61 bits per heavy atom. The predicted octanol–water partition coefficient (Wildman–Crippen LogP) is -0.385. The number of carbonyl (C=O) groups is 1. The molecule has 1 atom stereocenters. The van der Waals surface area contributed by atoms with Crippen molar-refractivity contribution in [2.24, 2.45) is 7.05 Å². The number of nitriles is 1. The van der Waals surface area contributed by atoms with E-state index < -0.39 is 0 Å². The highest BCUT2D eigenvalue weighted by molar-refractivity contribution is 5.93. The topological polar surface area (TPSA) is 79.1 Å². The molecule has 1 aromatic heterocycles. The van der Waals surface area contributed by atoms with E-state index in [2.05, 4.69) is 10.6 Å². The van der Waals surface area contributed by atoms with Gasteiger partial charge in [-0.05, 0) is 6.07 Å². The Kier molecular flexibility index (Phi) is 3.97. The van der Waals surface area contributed by atoms with Crippen LogP contribution >= 0.6 is 0 Å². The zero-order chi connectivity index (χ0) is 13.0. The zero-order valence-corrected chi connectivity index (χ0v) is 10.3. The molecule has 18 heavy (non-hydrogen) atoms. The van der Waals surface area contributed by atoms with Crippen LogP contribution in [-0.2, 0) is 11.8 Å². The van der Waals surface area contributed by atoms with E-state index in [1.165, 1.54) is 0 Å². The van der Waals surface area contributed by atoms with Crippen LogP contribution in [0.5, 0.6) is 0 Å². The molecule has 0 bridgehead atoms. The summed E-state index contributed by atoms with van der Waals surface area (Å²) in [6.45, 7) is 2.74. The van der Waals surface area contributed by atoms with Gasteiger partial charge in [-0.15, -0.1) is 0 Å². The highest BCUT2D eigenvalue weighted by Crippen LogP contribution is 2.06. The number of rotatable bonds is 3. The monoisotopic (exact) mass is 248 g/mol. The second kappa shape index (κ2) is 5.67. The average molecular weight is 248 g/mol. The van der Waals surface area contributed by atoms with E-state index in [1.54, 1.807) is 23.9 Å². The molecule has 0 spiro atoms. The third kappa shape index (κ3) is 2.88. The summed E-state index contributed by atoms with van der Waals surface area (Å²) in [6.07, 6.45) is 1.64. The molecule has 1 aliphatic rings. The van der Waals surface area contributed by atoms with Gasteiger partial charge in [0, 0.05) is 32.9 Å². The van der Waals surface area contributed by atoms with Gasteiger partial charge in [0.25, 0.3) is 5.91 Å². The summed E-state index contributed by atoms with van der Waals surface area (Å²) in [5, 5.41) is 14.8. The van der Waals surface area contributed by atoms with Crippen molar-refractivity contribution in [2.75, 3.05) is 26.2 Å². The number of hydrogen-bond acceptors (Lipinski definition) is 4. The van der Waals surface area contributed by atoms with Gasteiger partial charge in [-0.3, -0.25) is 4.79 Å². The van der Waals surface area contributed by atoms with E-state index in [0.29, 0.717) is 24.4 Å². The smallest absolute Gasteiger partial charge is 0.268 e. The van der Waals surface area contributed by atoms with Crippen LogP contribution in [0.1, 0.15) is 16.1 Å². The quantitative estimate of drug-likeness (QED) is 0.764. The molecule has 0 aliphatic carbocycles. The summed E-state index contributed by atoms with van der Waals surface area (Å²) in [7, 11) is 1.74. The van der Waals surface area contributed by atoms with Crippen molar-refractivity contribution >= 4 is 5.91 Å². The molecule has 0 unspecified atom stereocenters. The largest absolute Gasteiger partial charge is 0.374 e. The lowest BCUT2D eigenvalue weighted by atomic mass is 10.3. The van der Waals surface area contributed by atoms with Crippen LogP contribution in [0.25, 0.3) is 0 Å². The van der Waals surface area contributed by atoms with Crippen molar-refractivity contribution in [1.82, 2.24) is 15.2 Å². The van der Waals surface area contributed by atoms with Gasteiger partial charge in [0.15, 0.2) is 0 Å². The number of aryl methyl sites for hydroxylation is 1. The van der Waals surface area contributed by atoms with Crippen LogP contribution in [0.2, 0.25) is 0 Å². The zero-order valence-electron chi connectivity index (χ0n) is 10.3. The van der Waals surface area contributed by atoms with Crippen molar-refractivity contribution in [3.05, 3.63) is 23.5 Å². The Hall–Kier alpha value is -1.84. The van der Waals surface area contributed by atoms with Crippen LogP contribution in [0, 0.1) is 11.3 Å². The molecule has 6 heteroatoms. The number of nitrogens with zero attached hydrogens (tertiary/aromatic N) is 2. The van der Waals surface area contributed by atoms with Gasteiger partial charge in [-0.25, -0.2) is 0 Å². The fraction of sp³-hybridized carbons (Fsp3) is 0.500. The van der Waals surface area contributed by atoms with Crippen LogP contribution in [0.15, 0.2) is 12.3 Å². The summed E-state index contributed by atoms with van der Waals surface area (Å²) < 4.78 is 7.13. The summed E-state index contributed by atoms with van der Waals surface area (Å²) >= 11 is 0. The molecule has 2 heterocycles. The Labute approximate surface area is 106 Å². The van der Waals surface area contributed by atoms with Gasteiger partial charge in [0.05, 0.1) is 18.3 Å². The summed E-state index contributed by atoms with van der Waals surface area (Å²) in [4.78, 5) is 11.9. The van der Waals surface area contributed by atoms with Crippen molar-refractivity contribution in [1.29, 1.82) is 5.26 Å². The number of amides is 1. The minimum atomic E-state index is -0.187. The van der Waals surface area contributed by atoms with E-state index in [4.69, 9.17) is 10.00 Å². The van der Waals surface area contributed by atoms with Crippen LogP contribution in [-0.4, -0.2) is 42.8 Å². The van der Waals surface area contributed by atoms with Gasteiger partial charge in [-0.1, -0.05) is 0 Å². The maximum Gasteiger partial charge on any atom is 0.268 e. The molecule has 0 saturated carbocycles. The first-order valence-electron chi connectivity index (χ1n) is 5.87. The number of aromatic nitrogens is 1. The van der Waals surface area contributed by atoms with Crippen LogP contribution < -0.4 is 10.6 Å². The number of nitrogens with one attached hydrogen (secondary N) is 2. The van der Waals surface area contributed by atoms with Crippen molar-refractivity contribution < 1.29 is 9.53 Å². The van der Waals surface area contributed by atoms with Crippen molar-refractivity contribution in [2.45, 2.75) is 6.10 Å². The molecule has 96 valence electrons. The Morgan fingerprint density at radius 1 is 1.78 bits per heavy atom. The first-order valence-corrected chi connectivity index (χ1v) is 5.87. The highest BCUT2D eigenvalue weighted by atomic mass is 16.5. The van der Waals surface area contributed by atoms with Gasteiger partial charge >= 0.3 is 0 Å². The maximum absolute atomic E-state index is 11.9. The van der Waals surface area contributed by atoms with E-state index in [9.17, 15) is 4.79 Å². The first kappa shape index (κ1) is 12.6. The molecule has 6 nitrogen and oxygen atoms in total. The third-order valence-corrected chi connectivity index (χ3v) is 2.86. The van der Waals surface area contributed by atoms with Crippen LogP contribution in [0.4, 0.5) is 0 Å². The maximum atomic E-state index is 11.9. The minimum absolute atomic E-state index is 0.0124. The Morgan fingerprint density at radius 3 is 3.22 bits per heavy atom. The lowest BCUT2D eigenvalue weighted by molar-refractivity contribution is 0.0286. The SMILES string of the molecule is Cn1cc(C#N)cc1C(=O)NC[C@@H]1CNCCO1. The third-order valence-electron chi connectivity index (χ3n) is 2.86. The van der Waals surface area contributed by atoms with E-state index in [-0.39, 0.29) is 12.0 Å². The number of ether oxygens (including phenoxy) is 1. The van der Waals surface area contributed by atoms with E-state index in [1.807, 2.05) is 6.07 Å². The van der Waals surface area contributed by atoms with Gasteiger partial charge in [0.2, 0.25) is 0 Å². The van der Waals surface area contributed by atoms with Crippen molar-refractivity contribution in [3.63, 3.8) is 0 Å². The molecular weight excluding hydrogens is 232 g/mol. The minimum Gasteiger partial charge on any atom is -0.374 e. The van der Waals surface area contributed by atoms with Gasteiger partial charge in [0.1, 0.15) is 11.8 Å². The Bertz CT molecular complexity index is 469. The molecule has 0 radical (unpaired) electrons. The predicted molar refractivity (Wildman–Crippen MR) is 65.1 cm³/mol. The molecule has 1 aromatic rings. The number of hydrogen-bond donors (Lipinski definition) is 2. The summed E-state index contributed by atoms with van der Waals surface area (Å²) in [5.74, 6) is -0.187. The van der Waals surface area contributed by atoms with E-state index in [0.717, 1.165) is 13.1 Å². The van der Waals surface area contributed by atoms with Gasteiger partial charge < -0.3 is 19.9 Å². The molecule has 2 rings (SSSR count). The van der Waals surface area contributed by atoms with E-state index >= 15 is 0 Å². The number of carbonyl (C=O) groups excluding carboxylic acids is 1. The summed E-state index contributed by atoms with van der Waals surface area (Å²) in [6, 6.07) is 3.59. The fourth-order valence-electron chi connectivity index (χ4n) is 1.90. The fourth-order valence-corrected chi connectivity index (χ4v) is 1.90. The molecular formula is C12H16N4O2. The average Bonchev–Trinajstić information content (AvgIpc) is 2.78. The number of morpholine rings is 1. The van der Waals surface area contributed by atoms with Crippen LogP contribution in [0.3, 0.4) is 0 Å². The highest BCUT2D eigenvalue weighted by Gasteiger charge is 2.16. The molecule has 0 aromatic carbocycles. The molecule has 2 N–H and O–H groups in total. The lowest BCUT2D eigenvalue weighted by Crippen LogP contribution is -2.45. The lowest BCUT2D eigenvalue weighted by Gasteiger charge is -2.23. The van der Waals surface area contributed by atoms with Crippen molar-refractivity contribution in [3.8, 4) is 6.07 Å². The summed E-state index contributed by atoms with van der Waals surface area (Å²) in [5.41, 5.74) is 0.966. The molecule has 1 aliphatic heterocycles. The second-order valence-electron chi connectivity index (χ2n) is 4.24. The second-order valence-corrected chi connectivity index (χ2v) is 4.24. The standard InChI is InChI=1S/C12H16N4O2/c1-16-8-9(5-13)4-11(16)12(17)15-7-10-6-14-2-3-18-10/h4,8,10,14H,2-3,6-7H2,1H3,(H,15,17)/t10-/m0/s1. The molecule has 1 amide bonds. The van der Waals surface area contributed by atoms with Gasteiger partial charge in [-0.2, -0.15) is 5.26 Å². The normalized spacial score (nSPS) is 19.2. The molecule has 1 fully saturated rings. The first-order chi connectivity index (χ1) is 8.70. The molecule has 1 saturated heterocycles.